The van der Waals surface area contributed by atoms with Crippen LogP contribution in [0, 0.1) is 6.92 Å². The first-order valence-electron chi connectivity index (χ1n) is 8.09. The van der Waals surface area contributed by atoms with Crippen LogP contribution in [0.1, 0.15) is 11.1 Å². The van der Waals surface area contributed by atoms with E-state index in [1.807, 2.05) is 55.5 Å². The van der Waals surface area contributed by atoms with Crippen molar-refractivity contribution < 1.29 is 19.0 Å². The molecule has 2 aliphatic heterocycles. The van der Waals surface area contributed by atoms with Crippen molar-refractivity contribution in [3.05, 3.63) is 59.7 Å². The van der Waals surface area contributed by atoms with Gasteiger partial charge in [0.25, 0.3) is 11.7 Å². The third-order valence-corrected chi connectivity index (χ3v) is 4.34. The number of para-hydroxylation sites is 1. The summed E-state index contributed by atoms with van der Waals surface area (Å²) in [7, 11) is 0. The zero-order valence-corrected chi connectivity index (χ0v) is 13.5. The Morgan fingerprint density at radius 2 is 1.88 bits per heavy atom. The molecule has 2 heterocycles. The molecular formula is C19H19NO4. The lowest BCUT2D eigenvalue weighted by Gasteiger charge is -2.22. The molecule has 2 aromatic rings. The Hall–Kier alpha value is -2.37. The fraction of sp³-hybridized carbons (Fsp3) is 0.316. The van der Waals surface area contributed by atoms with Crippen molar-refractivity contribution in [2.24, 2.45) is 0 Å². The van der Waals surface area contributed by atoms with Crippen LogP contribution in [0.4, 0.5) is 5.69 Å². The monoisotopic (exact) mass is 325 g/mol. The van der Waals surface area contributed by atoms with Gasteiger partial charge in [-0.1, -0.05) is 29.8 Å². The molecule has 24 heavy (non-hydrogen) atoms. The Kier molecular flexibility index (Phi) is 3.75. The minimum Gasteiger partial charge on any atom is -0.492 e. The van der Waals surface area contributed by atoms with Crippen LogP contribution >= 0.6 is 0 Å². The van der Waals surface area contributed by atoms with E-state index in [4.69, 9.17) is 14.2 Å². The Labute approximate surface area is 140 Å². The lowest BCUT2D eigenvalue weighted by molar-refractivity contribution is -0.180. The average molecular weight is 325 g/mol. The van der Waals surface area contributed by atoms with Gasteiger partial charge in [0.2, 0.25) is 0 Å². The van der Waals surface area contributed by atoms with Gasteiger partial charge in [-0.3, -0.25) is 4.79 Å². The van der Waals surface area contributed by atoms with E-state index >= 15 is 0 Å². The van der Waals surface area contributed by atoms with Crippen LogP contribution < -0.4 is 9.64 Å². The van der Waals surface area contributed by atoms with E-state index in [0.29, 0.717) is 26.4 Å². The van der Waals surface area contributed by atoms with Gasteiger partial charge in [-0.05, 0) is 31.2 Å². The van der Waals surface area contributed by atoms with Gasteiger partial charge in [0, 0.05) is 5.56 Å². The van der Waals surface area contributed by atoms with Crippen LogP contribution in [0.15, 0.2) is 48.5 Å². The molecule has 0 aliphatic carbocycles. The molecule has 2 aromatic carbocycles. The van der Waals surface area contributed by atoms with Crippen molar-refractivity contribution in [3.8, 4) is 5.75 Å². The zero-order valence-electron chi connectivity index (χ0n) is 13.5. The van der Waals surface area contributed by atoms with Gasteiger partial charge in [0.1, 0.15) is 12.4 Å². The fourth-order valence-corrected chi connectivity index (χ4v) is 3.24. The van der Waals surface area contributed by atoms with Crippen LogP contribution in [0.25, 0.3) is 0 Å². The summed E-state index contributed by atoms with van der Waals surface area (Å²) >= 11 is 0. The fourth-order valence-electron chi connectivity index (χ4n) is 3.24. The third kappa shape index (κ3) is 2.37. The molecule has 1 spiro atoms. The molecule has 5 heteroatoms. The van der Waals surface area contributed by atoms with Gasteiger partial charge in [-0.2, -0.15) is 0 Å². The number of carbonyl (C=O) groups is 1. The normalized spacial score (nSPS) is 18.2. The Bertz CT molecular complexity index is 753. The molecule has 1 saturated heterocycles. The number of benzene rings is 2. The van der Waals surface area contributed by atoms with Crippen molar-refractivity contribution in [3.63, 3.8) is 0 Å². The van der Waals surface area contributed by atoms with E-state index < -0.39 is 5.79 Å². The second-order valence-corrected chi connectivity index (χ2v) is 5.95. The lowest BCUT2D eigenvalue weighted by Crippen LogP contribution is -2.42. The van der Waals surface area contributed by atoms with Crippen LogP contribution in [0.5, 0.6) is 5.75 Å². The second-order valence-electron chi connectivity index (χ2n) is 5.95. The van der Waals surface area contributed by atoms with E-state index in [1.54, 1.807) is 4.90 Å². The minimum absolute atomic E-state index is 0.169. The first-order valence-corrected chi connectivity index (χ1v) is 8.09. The summed E-state index contributed by atoms with van der Waals surface area (Å²) in [6.45, 7) is 3.69. The molecule has 1 amide bonds. The predicted molar refractivity (Wildman–Crippen MR) is 89.1 cm³/mol. The molecule has 1 fully saturated rings. The molecule has 4 rings (SSSR count). The van der Waals surface area contributed by atoms with Gasteiger partial charge < -0.3 is 19.1 Å². The molecule has 2 aliphatic rings. The summed E-state index contributed by atoms with van der Waals surface area (Å²) in [4.78, 5) is 14.7. The predicted octanol–water partition coefficient (Wildman–Crippen LogP) is 2.62. The average Bonchev–Trinajstić information content (AvgIpc) is 3.17. The zero-order chi connectivity index (χ0) is 16.6. The van der Waals surface area contributed by atoms with E-state index in [0.717, 1.165) is 22.6 Å². The summed E-state index contributed by atoms with van der Waals surface area (Å²) in [6.07, 6.45) is 0. The molecule has 5 nitrogen and oxygen atoms in total. The Morgan fingerprint density at radius 1 is 1.12 bits per heavy atom. The summed E-state index contributed by atoms with van der Waals surface area (Å²) in [6, 6.07) is 15.5. The van der Waals surface area contributed by atoms with Gasteiger partial charge in [-0.15, -0.1) is 0 Å². The smallest absolute Gasteiger partial charge is 0.292 e. The Morgan fingerprint density at radius 3 is 2.62 bits per heavy atom. The number of aryl methyl sites for hydroxylation is 1. The van der Waals surface area contributed by atoms with Crippen molar-refractivity contribution in [1.82, 2.24) is 0 Å². The number of carbonyl (C=O) groups excluding carboxylic acids is 1. The highest BCUT2D eigenvalue weighted by Gasteiger charge is 2.55. The Balaban J connectivity index is 1.57. The maximum Gasteiger partial charge on any atom is 0.292 e. The highest BCUT2D eigenvalue weighted by Crippen LogP contribution is 2.45. The van der Waals surface area contributed by atoms with E-state index in [2.05, 4.69) is 0 Å². The molecule has 0 N–H and O–H groups in total. The van der Waals surface area contributed by atoms with Crippen LogP contribution in [0.2, 0.25) is 0 Å². The highest BCUT2D eigenvalue weighted by atomic mass is 16.7. The van der Waals surface area contributed by atoms with Gasteiger partial charge >= 0.3 is 0 Å². The number of amides is 1. The molecule has 0 atom stereocenters. The lowest BCUT2D eigenvalue weighted by atomic mass is 10.0. The number of anilines is 1. The quantitative estimate of drug-likeness (QED) is 0.867. The third-order valence-electron chi connectivity index (χ3n) is 4.34. The standard InChI is InChI=1S/C19H19NO4/c1-14-7-8-17-16(13-14)19(23-11-12-24-19)18(21)20(17)9-10-22-15-5-3-2-4-6-15/h2-8,13H,9-12H2,1H3. The van der Waals surface area contributed by atoms with Crippen molar-refractivity contribution >= 4 is 11.6 Å². The van der Waals surface area contributed by atoms with Crippen LogP contribution in [0.3, 0.4) is 0 Å². The maximum absolute atomic E-state index is 13.0. The van der Waals surface area contributed by atoms with Gasteiger partial charge in [-0.25, -0.2) is 0 Å². The molecule has 0 aromatic heterocycles. The molecule has 0 saturated carbocycles. The molecule has 0 unspecified atom stereocenters. The molecule has 0 bridgehead atoms. The molecule has 124 valence electrons. The number of hydrogen-bond donors (Lipinski definition) is 0. The maximum atomic E-state index is 13.0. The van der Waals surface area contributed by atoms with Crippen LogP contribution in [-0.4, -0.2) is 32.3 Å². The van der Waals surface area contributed by atoms with Crippen LogP contribution in [-0.2, 0) is 20.1 Å². The minimum atomic E-state index is -1.27. The number of ether oxygens (including phenoxy) is 3. The number of hydrogen-bond acceptors (Lipinski definition) is 4. The summed E-state index contributed by atoms with van der Waals surface area (Å²) in [5.41, 5.74) is 2.70. The SMILES string of the molecule is Cc1ccc2c(c1)C1(OCCO1)C(=O)N2CCOc1ccccc1. The van der Waals surface area contributed by atoms with Crippen molar-refractivity contribution in [2.45, 2.75) is 12.7 Å². The molecule has 0 radical (unpaired) electrons. The largest absolute Gasteiger partial charge is 0.492 e. The van der Waals surface area contributed by atoms with Crippen molar-refractivity contribution in [1.29, 1.82) is 0 Å². The van der Waals surface area contributed by atoms with Crippen molar-refractivity contribution in [2.75, 3.05) is 31.3 Å². The number of rotatable bonds is 4. The van der Waals surface area contributed by atoms with E-state index in [9.17, 15) is 4.79 Å². The van der Waals surface area contributed by atoms with Gasteiger partial charge in [0.15, 0.2) is 0 Å². The first kappa shape index (κ1) is 15.2. The second kappa shape index (κ2) is 5.92. The summed E-state index contributed by atoms with van der Waals surface area (Å²) in [5, 5.41) is 0. The van der Waals surface area contributed by atoms with E-state index in [1.165, 1.54) is 0 Å². The number of fused-ring (bicyclic) bond motifs is 2. The summed E-state index contributed by atoms with van der Waals surface area (Å²) in [5.74, 6) is -0.651. The number of nitrogens with zero attached hydrogens (tertiary/aromatic N) is 1. The topological polar surface area (TPSA) is 48.0 Å². The van der Waals surface area contributed by atoms with Gasteiger partial charge in [0.05, 0.1) is 25.4 Å². The van der Waals surface area contributed by atoms with E-state index in [-0.39, 0.29) is 5.91 Å². The highest BCUT2D eigenvalue weighted by molar-refractivity contribution is 6.06. The first-order chi connectivity index (χ1) is 11.7. The summed E-state index contributed by atoms with van der Waals surface area (Å²) < 4.78 is 17.2. The molecular weight excluding hydrogens is 306 g/mol.